The van der Waals surface area contributed by atoms with Crippen LogP contribution in [0.15, 0.2) is 24.3 Å². The molecule has 1 aliphatic rings. The fourth-order valence-corrected chi connectivity index (χ4v) is 2.35. The Hall–Kier alpha value is -1.35. The molecular formula is C17H26N2O. The largest absolute Gasteiger partial charge is 0.484 e. The Balaban J connectivity index is 2.02. The summed E-state index contributed by atoms with van der Waals surface area (Å²) in [4.78, 5) is 4.62. The van der Waals surface area contributed by atoms with Gasteiger partial charge in [0.1, 0.15) is 11.9 Å². The van der Waals surface area contributed by atoms with Crippen molar-refractivity contribution in [3.63, 3.8) is 0 Å². The van der Waals surface area contributed by atoms with Crippen molar-refractivity contribution in [2.24, 2.45) is 5.92 Å². The SMILES string of the molecule is Cc1ccc(OC2C=CCCC2)c(CNCC(C)C)n1. The average Bonchev–Trinajstić information content (AvgIpc) is 2.42. The number of rotatable bonds is 6. The van der Waals surface area contributed by atoms with Crippen molar-refractivity contribution in [1.82, 2.24) is 10.3 Å². The van der Waals surface area contributed by atoms with Gasteiger partial charge in [0.25, 0.3) is 0 Å². The topological polar surface area (TPSA) is 34.1 Å². The Bertz CT molecular complexity index is 454. The lowest BCUT2D eigenvalue weighted by Gasteiger charge is -2.20. The van der Waals surface area contributed by atoms with Crippen molar-refractivity contribution in [2.75, 3.05) is 6.54 Å². The maximum atomic E-state index is 6.11. The molecule has 2 rings (SSSR count). The second kappa shape index (κ2) is 7.44. The molecule has 0 fully saturated rings. The van der Waals surface area contributed by atoms with Crippen LogP contribution in [0.1, 0.15) is 44.5 Å². The summed E-state index contributed by atoms with van der Waals surface area (Å²) in [6.45, 7) is 8.21. The second-order valence-corrected chi connectivity index (χ2v) is 5.94. The van der Waals surface area contributed by atoms with Crippen LogP contribution in [-0.4, -0.2) is 17.6 Å². The molecule has 0 aromatic carbocycles. The smallest absolute Gasteiger partial charge is 0.143 e. The molecule has 0 saturated heterocycles. The van der Waals surface area contributed by atoms with Crippen molar-refractivity contribution in [3.8, 4) is 5.75 Å². The molecule has 20 heavy (non-hydrogen) atoms. The summed E-state index contributed by atoms with van der Waals surface area (Å²) in [6.07, 6.45) is 8.08. The van der Waals surface area contributed by atoms with Crippen LogP contribution in [0.2, 0.25) is 0 Å². The van der Waals surface area contributed by atoms with Crippen molar-refractivity contribution >= 4 is 0 Å². The standard InChI is InChI=1S/C17H26N2O/c1-13(2)11-18-12-16-17(10-9-14(3)19-16)20-15-7-5-4-6-8-15/h5,7,9-10,13,15,18H,4,6,8,11-12H2,1-3H3. The molecule has 1 atom stereocenters. The van der Waals surface area contributed by atoms with Crippen LogP contribution in [0.25, 0.3) is 0 Å². The molecule has 1 N–H and O–H groups in total. The van der Waals surface area contributed by atoms with Gasteiger partial charge in [-0.15, -0.1) is 0 Å². The first-order valence-corrected chi connectivity index (χ1v) is 7.65. The number of aryl methyl sites for hydroxylation is 1. The molecule has 110 valence electrons. The van der Waals surface area contributed by atoms with Crippen molar-refractivity contribution in [3.05, 3.63) is 35.7 Å². The van der Waals surface area contributed by atoms with E-state index in [2.05, 4.69) is 42.4 Å². The number of allylic oxidation sites excluding steroid dienone is 1. The monoisotopic (exact) mass is 274 g/mol. The normalized spacial score (nSPS) is 18.5. The van der Waals surface area contributed by atoms with Gasteiger partial charge in [-0.05, 0) is 56.9 Å². The number of hydrogen-bond donors (Lipinski definition) is 1. The molecule has 0 bridgehead atoms. The van der Waals surface area contributed by atoms with E-state index in [1.807, 2.05) is 13.0 Å². The van der Waals surface area contributed by atoms with Gasteiger partial charge in [-0.2, -0.15) is 0 Å². The van der Waals surface area contributed by atoms with E-state index in [0.29, 0.717) is 5.92 Å². The summed E-state index contributed by atoms with van der Waals surface area (Å²) < 4.78 is 6.11. The van der Waals surface area contributed by atoms with Crippen LogP contribution in [0.4, 0.5) is 0 Å². The third kappa shape index (κ3) is 4.64. The number of pyridine rings is 1. The average molecular weight is 274 g/mol. The van der Waals surface area contributed by atoms with Crippen LogP contribution in [-0.2, 0) is 6.54 Å². The third-order valence-electron chi connectivity index (χ3n) is 3.41. The maximum Gasteiger partial charge on any atom is 0.143 e. The predicted molar refractivity (Wildman–Crippen MR) is 82.9 cm³/mol. The van der Waals surface area contributed by atoms with E-state index in [4.69, 9.17) is 4.74 Å². The number of nitrogens with zero attached hydrogens (tertiary/aromatic N) is 1. The van der Waals surface area contributed by atoms with E-state index in [9.17, 15) is 0 Å². The first-order chi connectivity index (χ1) is 9.65. The highest BCUT2D eigenvalue weighted by molar-refractivity contribution is 5.30. The van der Waals surface area contributed by atoms with Gasteiger partial charge in [0, 0.05) is 12.2 Å². The molecule has 0 saturated carbocycles. The Morgan fingerprint density at radius 3 is 2.95 bits per heavy atom. The Kier molecular flexibility index (Phi) is 5.60. The third-order valence-corrected chi connectivity index (χ3v) is 3.41. The quantitative estimate of drug-likeness (QED) is 0.804. The van der Waals surface area contributed by atoms with Gasteiger partial charge in [-0.1, -0.05) is 19.9 Å². The van der Waals surface area contributed by atoms with Gasteiger partial charge < -0.3 is 10.1 Å². The molecule has 0 spiro atoms. The zero-order chi connectivity index (χ0) is 14.4. The van der Waals surface area contributed by atoms with E-state index < -0.39 is 0 Å². The van der Waals surface area contributed by atoms with E-state index >= 15 is 0 Å². The van der Waals surface area contributed by atoms with Crippen molar-refractivity contribution in [2.45, 2.75) is 52.7 Å². The van der Waals surface area contributed by atoms with Gasteiger partial charge in [0.15, 0.2) is 0 Å². The number of ether oxygens (including phenoxy) is 1. The minimum atomic E-state index is 0.206. The van der Waals surface area contributed by atoms with Gasteiger partial charge in [0.2, 0.25) is 0 Å². The highest BCUT2D eigenvalue weighted by atomic mass is 16.5. The summed E-state index contributed by atoms with van der Waals surface area (Å²) in [5.74, 6) is 1.56. The maximum absolute atomic E-state index is 6.11. The van der Waals surface area contributed by atoms with Crippen LogP contribution in [0.3, 0.4) is 0 Å². The van der Waals surface area contributed by atoms with E-state index in [-0.39, 0.29) is 6.10 Å². The fourth-order valence-electron chi connectivity index (χ4n) is 2.35. The fraction of sp³-hybridized carbons (Fsp3) is 0.588. The minimum Gasteiger partial charge on any atom is -0.484 e. The first kappa shape index (κ1) is 15.0. The molecule has 1 aromatic heterocycles. The summed E-state index contributed by atoms with van der Waals surface area (Å²) in [5, 5.41) is 3.45. The molecule has 0 radical (unpaired) electrons. The Morgan fingerprint density at radius 2 is 2.25 bits per heavy atom. The number of hydrogen-bond acceptors (Lipinski definition) is 3. The molecule has 1 heterocycles. The summed E-state index contributed by atoms with van der Waals surface area (Å²) in [7, 11) is 0. The molecule has 0 amide bonds. The van der Waals surface area contributed by atoms with Gasteiger partial charge in [0.05, 0.1) is 5.69 Å². The first-order valence-electron chi connectivity index (χ1n) is 7.65. The minimum absolute atomic E-state index is 0.206. The molecule has 3 heteroatoms. The molecule has 1 aromatic rings. The highest BCUT2D eigenvalue weighted by Gasteiger charge is 2.13. The number of aromatic nitrogens is 1. The highest BCUT2D eigenvalue weighted by Crippen LogP contribution is 2.22. The Labute approximate surface area is 122 Å². The van der Waals surface area contributed by atoms with E-state index in [0.717, 1.165) is 36.6 Å². The lowest BCUT2D eigenvalue weighted by molar-refractivity contribution is 0.226. The number of nitrogens with one attached hydrogen (secondary N) is 1. The molecule has 3 nitrogen and oxygen atoms in total. The molecule has 1 unspecified atom stereocenters. The summed E-state index contributed by atoms with van der Waals surface area (Å²) in [6, 6.07) is 4.07. The molecular weight excluding hydrogens is 248 g/mol. The predicted octanol–water partition coefficient (Wildman–Crippen LogP) is 3.62. The molecule has 1 aliphatic carbocycles. The van der Waals surface area contributed by atoms with E-state index in [1.54, 1.807) is 0 Å². The van der Waals surface area contributed by atoms with Gasteiger partial charge >= 0.3 is 0 Å². The van der Waals surface area contributed by atoms with Gasteiger partial charge in [-0.25, -0.2) is 0 Å². The Morgan fingerprint density at radius 1 is 1.40 bits per heavy atom. The zero-order valence-corrected chi connectivity index (χ0v) is 12.9. The van der Waals surface area contributed by atoms with Crippen LogP contribution < -0.4 is 10.1 Å². The lowest BCUT2D eigenvalue weighted by Crippen LogP contribution is -2.22. The van der Waals surface area contributed by atoms with Gasteiger partial charge in [-0.3, -0.25) is 4.98 Å². The van der Waals surface area contributed by atoms with Crippen LogP contribution in [0, 0.1) is 12.8 Å². The summed E-state index contributed by atoms with van der Waals surface area (Å²) >= 11 is 0. The van der Waals surface area contributed by atoms with Crippen molar-refractivity contribution < 1.29 is 4.74 Å². The molecule has 0 aliphatic heterocycles. The zero-order valence-electron chi connectivity index (χ0n) is 12.9. The van der Waals surface area contributed by atoms with Crippen LogP contribution in [0.5, 0.6) is 5.75 Å². The second-order valence-electron chi connectivity index (χ2n) is 5.94. The lowest BCUT2D eigenvalue weighted by atomic mass is 10.1. The van der Waals surface area contributed by atoms with Crippen molar-refractivity contribution in [1.29, 1.82) is 0 Å². The van der Waals surface area contributed by atoms with E-state index in [1.165, 1.54) is 12.8 Å². The van der Waals surface area contributed by atoms with Crippen LogP contribution >= 0.6 is 0 Å². The summed E-state index contributed by atoms with van der Waals surface area (Å²) in [5.41, 5.74) is 2.06.